The van der Waals surface area contributed by atoms with Gasteiger partial charge < -0.3 is 5.32 Å². The van der Waals surface area contributed by atoms with Gasteiger partial charge >= 0.3 is 0 Å². The SMILES string of the molecule is CCCc1nc(Br)cc(NC2CCC(C)C(C)C2)n1. The van der Waals surface area contributed by atoms with E-state index < -0.39 is 0 Å². The molecule has 3 nitrogen and oxygen atoms in total. The summed E-state index contributed by atoms with van der Waals surface area (Å²) in [6, 6.07) is 2.55. The van der Waals surface area contributed by atoms with Gasteiger partial charge in [0.25, 0.3) is 0 Å². The average Bonchev–Trinajstić information content (AvgIpc) is 2.33. The molecule has 1 aromatic heterocycles. The number of anilines is 1. The van der Waals surface area contributed by atoms with E-state index in [1.807, 2.05) is 6.07 Å². The number of aryl methyl sites for hydroxylation is 1. The Kier molecular flexibility index (Phi) is 5.20. The molecule has 0 aliphatic heterocycles. The van der Waals surface area contributed by atoms with E-state index in [0.717, 1.165) is 40.9 Å². The smallest absolute Gasteiger partial charge is 0.132 e. The molecular formula is C15H24BrN3. The fourth-order valence-corrected chi connectivity index (χ4v) is 3.18. The Labute approximate surface area is 124 Å². The molecule has 0 radical (unpaired) electrons. The quantitative estimate of drug-likeness (QED) is 0.832. The second-order valence-corrected chi connectivity index (χ2v) is 6.66. The maximum atomic E-state index is 4.61. The van der Waals surface area contributed by atoms with Crippen molar-refractivity contribution in [2.75, 3.05) is 5.32 Å². The zero-order chi connectivity index (χ0) is 13.8. The van der Waals surface area contributed by atoms with Crippen LogP contribution in [0.15, 0.2) is 10.7 Å². The van der Waals surface area contributed by atoms with Crippen molar-refractivity contribution in [2.45, 2.75) is 58.9 Å². The molecule has 0 spiro atoms. The Morgan fingerprint density at radius 2 is 2.05 bits per heavy atom. The molecule has 106 valence electrons. The normalized spacial score (nSPS) is 27.3. The number of hydrogen-bond donors (Lipinski definition) is 1. The standard InChI is InChI=1S/C15H24BrN3/c1-4-5-14-18-13(16)9-15(19-14)17-12-7-6-10(2)11(3)8-12/h9-12H,4-8H2,1-3H3,(H,17,18,19). The largest absolute Gasteiger partial charge is 0.367 e. The Balaban J connectivity index is 2.02. The van der Waals surface area contributed by atoms with Crippen LogP contribution in [0.25, 0.3) is 0 Å². The van der Waals surface area contributed by atoms with Gasteiger partial charge in [-0.25, -0.2) is 9.97 Å². The molecule has 0 bridgehead atoms. The second kappa shape index (κ2) is 6.69. The highest BCUT2D eigenvalue weighted by atomic mass is 79.9. The molecule has 0 saturated heterocycles. The summed E-state index contributed by atoms with van der Waals surface area (Å²) in [5, 5.41) is 3.59. The van der Waals surface area contributed by atoms with E-state index in [0.29, 0.717) is 6.04 Å². The molecule has 1 aromatic rings. The molecule has 4 heteroatoms. The minimum Gasteiger partial charge on any atom is -0.367 e. The van der Waals surface area contributed by atoms with Crippen LogP contribution in [0, 0.1) is 11.8 Å². The van der Waals surface area contributed by atoms with E-state index in [-0.39, 0.29) is 0 Å². The van der Waals surface area contributed by atoms with Gasteiger partial charge in [-0.05, 0) is 53.4 Å². The molecule has 19 heavy (non-hydrogen) atoms. The first-order chi connectivity index (χ1) is 9.08. The van der Waals surface area contributed by atoms with Gasteiger partial charge in [-0.1, -0.05) is 20.8 Å². The molecular weight excluding hydrogens is 302 g/mol. The Morgan fingerprint density at radius 1 is 1.26 bits per heavy atom. The Bertz CT molecular complexity index is 422. The van der Waals surface area contributed by atoms with Crippen molar-refractivity contribution in [3.8, 4) is 0 Å². The van der Waals surface area contributed by atoms with Crippen LogP contribution in [0.1, 0.15) is 52.3 Å². The lowest BCUT2D eigenvalue weighted by Gasteiger charge is -2.32. The summed E-state index contributed by atoms with van der Waals surface area (Å²) in [4.78, 5) is 9.02. The van der Waals surface area contributed by atoms with Crippen molar-refractivity contribution >= 4 is 21.7 Å². The summed E-state index contributed by atoms with van der Waals surface area (Å²) in [5.41, 5.74) is 0. The van der Waals surface area contributed by atoms with Crippen molar-refractivity contribution in [1.29, 1.82) is 0 Å². The van der Waals surface area contributed by atoms with E-state index in [2.05, 4.69) is 52.0 Å². The van der Waals surface area contributed by atoms with Crippen molar-refractivity contribution in [3.63, 3.8) is 0 Å². The van der Waals surface area contributed by atoms with Crippen molar-refractivity contribution < 1.29 is 0 Å². The summed E-state index contributed by atoms with van der Waals surface area (Å²) in [6.45, 7) is 6.87. The van der Waals surface area contributed by atoms with Gasteiger partial charge in [0.2, 0.25) is 0 Å². The average molecular weight is 326 g/mol. The third kappa shape index (κ3) is 4.16. The first-order valence-corrected chi connectivity index (χ1v) is 8.17. The van der Waals surface area contributed by atoms with Gasteiger partial charge in [0.15, 0.2) is 0 Å². The maximum Gasteiger partial charge on any atom is 0.132 e. The Morgan fingerprint density at radius 3 is 2.74 bits per heavy atom. The molecule has 0 amide bonds. The number of aromatic nitrogens is 2. The highest BCUT2D eigenvalue weighted by Gasteiger charge is 2.24. The van der Waals surface area contributed by atoms with Crippen LogP contribution in [0.2, 0.25) is 0 Å². The third-order valence-corrected chi connectivity index (χ3v) is 4.57. The van der Waals surface area contributed by atoms with Crippen LogP contribution >= 0.6 is 15.9 Å². The number of nitrogens with one attached hydrogen (secondary N) is 1. The number of hydrogen-bond acceptors (Lipinski definition) is 3. The molecule has 3 unspecified atom stereocenters. The van der Waals surface area contributed by atoms with Crippen molar-refractivity contribution in [3.05, 3.63) is 16.5 Å². The lowest BCUT2D eigenvalue weighted by molar-refractivity contribution is 0.260. The van der Waals surface area contributed by atoms with Gasteiger partial charge in [-0.15, -0.1) is 0 Å². The highest BCUT2D eigenvalue weighted by Crippen LogP contribution is 2.31. The van der Waals surface area contributed by atoms with E-state index in [9.17, 15) is 0 Å². The van der Waals surface area contributed by atoms with E-state index in [1.54, 1.807) is 0 Å². The minimum atomic E-state index is 0.558. The number of rotatable bonds is 4. The molecule has 3 atom stereocenters. The molecule has 1 fully saturated rings. The number of halogens is 1. The summed E-state index contributed by atoms with van der Waals surface area (Å²) < 4.78 is 0.880. The summed E-state index contributed by atoms with van der Waals surface area (Å²) in [5.74, 6) is 3.55. The fraction of sp³-hybridized carbons (Fsp3) is 0.733. The van der Waals surface area contributed by atoms with Gasteiger partial charge in [0.1, 0.15) is 16.2 Å². The second-order valence-electron chi connectivity index (χ2n) is 5.85. The minimum absolute atomic E-state index is 0.558. The summed E-state index contributed by atoms with van der Waals surface area (Å²) in [6.07, 6.45) is 5.81. The molecule has 1 aliphatic rings. The highest BCUT2D eigenvalue weighted by molar-refractivity contribution is 9.10. The zero-order valence-corrected chi connectivity index (χ0v) is 13.7. The van der Waals surface area contributed by atoms with Crippen LogP contribution in [-0.4, -0.2) is 16.0 Å². The Hall–Kier alpha value is -0.640. The van der Waals surface area contributed by atoms with E-state index in [1.165, 1.54) is 19.3 Å². The van der Waals surface area contributed by atoms with Gasteiger partial charge in [-0.2, -0.15) is 0 Å². The predicted octanol–water partition coefficient (Wildman–Crippen LogP) is 4.43. The van der Waals surface area contributed by atoms with E-state index >= 15 is 0 Å². The topological polar surface area (TPSA) is 37.8 Å². The molecule has 1 aliphatic carbocycles. The maximum absolute atomic E-state index is 4.61. The van der Waals surface area contributed by atoms with E-state index in [4.69, 9.17) is 0 Å². The van der Waals surface area contributed by atoms with Crippen molar-refractivity contribution in [1.82, 2.24) is 9.97 Å². The lowest BCUT2D eigenvalue weighted by Crippen LogP contribution is -2.30. The number of nitrogens with zero attached hydrogens (tertiary/aromatic N) is 2. The monoisotopic (exact) mass is 325 g/mol. The molecule has 1 N–H and O–H groups in total. The van der Waals surface area contributed by atoms with Crippen LogP contribution in [0.4, 0.5) is 5.82 Å². The van der Waals surface area contributed by atoms with Crippen LogP contribution < -0.4 is 5.32 Å². The molecule has 0 aromatic carbocycles. The van der Waals surface area contributed by atoms with Gasteiger partial charge in [0.05, 0.1) is 0 Å². The van der Waals surface area contributed by atoms with Crippen LogP contribution in [0.3, 0.4) is 0 Å². The van der Waals surface area contributed by atoms with Crippen molar-refractivity contribution in [2.24, 2.45) is 11.8 Å². The molecule has 1 heterocycles. The molecule has 2 rings (SSSR count). The van der Waals surface area contributed by atoms with Crippen LogP contribution in [-0.2, 0) is 6.42 Å². The first-order valence-electron chi connectivity index (χ1n) is 7.38. The molecule has 1 saturated carbocycles. The van der Waals surface area contributed by atoms with Crippen LogP contribution in [0.5, 0.6) is 0 Å². The predicted molar refractivity (Wildman–Crippen MR) is 83.3 cm³/mol. The lowest BCUT2D eigenvalue weighted by atomic mass is 9.79. The van der Waals surface area contributed by atoms with Gasteiger partial charge in [-0.3, -0.25) is 0 Å². The third-order valence-electron chi connectivity index (χ3n) is 4.16. The zero-order valence-electron chi connectivity index (χ0n) is 12.1. The van der Waals surface area contributed by atoms with Gasteiger partial charge in [0, 0.05) is 18.5 Å². The summed E-state index contributed by atoms with van der Waals surface area (Å²) in [7, 11) is 0. The first kappa shape index (κ1) is 14.8. The fourth-order valence-electron chi connectivity index (χ4n) is 2.76. The summed E-state index contributed by atoms with van der Waals surface area (Å²) >= 11 is 3.48.